The lowest BCUT2D eigenvalue weighted by atomic mass is 9.84. The van der Waals surface area contributed by atoms with Crippen molar-refractivity contribution in [2.45, 2.75) is 49.6 Å². The normalized spacial score (nSPS) is 19.5. The molecule has 6 heteroatoms. The zero-order valence-electron chi connectivity index (χ0n) is 11.7. The quantitative estimate of drug-likeness (QED) is 0.889. The molecular formula is C13H23N3O2S. The van der Waals surface area contributed by atoms with Crippen LogP contribution in [0.2, 0.25) is 0 Å². The van der Waals surface area contributed by atoms with E-state index in [1.165, 1.54) is 44.6 Å². The molecular weight excluding hydrogens is 262 g/mol. The van der Waals surface area contributed by atoms with Crippen LogP contribution < -0.4 is 5.32 Å². The van der Waals surface area contributed by atoms with Gasteiger partial charge < -0.3 is 5.32 Å². The van der Waals surface area contributed by atoms with Gasteiger partial charge in [-0.05, 0) is 25.8 Å². The van der Waals surface area contributed by atoms with E-state index in [1.807, 2.05) is 7.05 Å². The van der Waals surface area contributed by atoms with Crippen molar-refractivity contribution in [1.82, 2.24) is 15.1 Å². The maximum atomic E-state index is 11.4. The van der Waals surface area contributed by atoms with Gasteiger partial charge in [-0.2, -0.15) is 5.10 Å². The van der Waals surface area contributed by atoms with Crippen molar-refractivity contribution in [3.05, 3.63) is 12.4 Å². The fourth-order valence-corrected chi connectivity index (χ4v) is 3.40. The number of nitrogens with zero attached hydrogens (tertiary/aromatic N) is 2. The molecule has 1 unspecified atom stereocenters. The molecule has 1 fully saturated rings. The van der Waals surface area contributed by atoms with E-state index in [2.05, 4.69) is 10.4 Å². The Bertz CT molecular complexity index is 504. The first-order valence-corrected chi connectivity index (χ1v) is 8.79. The summed E-state index contributed by atoms with van der Waals surface area (Å²) in [6.07, 6.45) is 10.7. The second-order valence-corrected chi connectivity index (χ2v) is 7.48. The highest BCUT2D eigenvalue weighted by Gasteiger charge is 2.23. The summed E-state index contributed by atoms with van der Waals surface area (Å²) in [7, 11) is -1.18. The van der Waals surface area contributed by atoms with Crippen molar-refractivity contribution < 1.29 is 8.42 Å². The molecule has 0 amide bonds. The third-order valence-corrected chi connectivity index (χ3v) is 5.08. The number of nitrogens with one attached hydrogen (secondary N) is 1. The number of likely N-dealkylation sites (N-methyl/N-ethyl adjacent to an activating group) is 1. The zero-order valence-corrected chi connectivity index (χ0v) is 12.5. The Labute approximate surface area is 115 Å². The fourth-order valence-electron chi connectivity index (χ4n) is 2.85. The van der Waals surface area contributed by atoms with Crippen LogP contribution in [0.15, 0.2) is 17.3 Å². The molecule has 1 aromatic rings. The maximum absolute atomic E-state index is 11.4. The first-order chi connectivity index (χ1) is 9.00. The van der Waals surface area contributed by atoms with Crippen molar-refractivity contribution in [1.29, 1.82) is 0 Å². The minimum atomic E-state index is -3.15. The molecule has 1 aliphatic carbocycles. The van der Waals surface area contributed by atoms with Crippen LogP contribution in [-0.4, -0.2) is 37.5 Å². The Hall–Kier alpha value is -0.880. The Morgan fingerprint density at radius 1 is 1.42 bits per heavy atom. The molecule has 0 radical (unpaired) electrons. The molecule has 0 bridgehead atoms. The number of aromatic nitrogens is 2. The lowest BCUT2D eigenvalue weighted by Gasteiger charge is -2.29. The Morgan fingerprint density at radius 2 is 2.11 bits per heavy atom. The van der Waals surface area contributed by atoms with Crippen LogP contribution in [-0.2, 0) is 16.4 Å². The molecule has 0 spiro atoms. The maximum Gasteiger partial charge on any atom is 0.178 e. The standard InChI is InChI=1S/C13H23N3O2S/c1-14-13(11-6-4-3-5-7-11)10-16-9-12(8-15-16)19(2,17)18/h8-9,11,13-14H,3-7,10H2,1-2H3. The van der Waals surface area contributed by atoms with Gasteiger partial charge in [0.1, 0.15) is 4.90 Å². The Morgan fingerprint density at radius 3 is 2.63 bits per heavy atom. The predicted octanol–water partition coefficient (Wildman–Crippen LogP) is 1.45. The predicted molar refractivity (Wildman–Crippen MR) is 74.8 cm³/mol. The van der Waals surface area contributed by atoms with Crippen LogP contribution >= 0.6 is 0 Å². The zero-order chi connectivity index (χ0) is 13.9. The van der Waals surface area contributed by atoms with Gasteiger partial charge in [-0.25, -0.2) is 8.42 Å². The highest BCUT2D eigenvalue weighted by atomic mass is 32.2. The smallest absolute Gasteiger partial charge is 0.178 e. The van der Waals surface area contributed by atoms with Gasteiger partial charge in [0.25, 0.3) is 0 Å². The molecule has 19 heavy (non-hydrogen) atoms. The summed E-state index contributed by atoms with van der Waals surface area (Å²) < 4.78 is 24.6. The van der Waals surface area contributed by atoms with Crippen LogP contribution in [0.25, 0.3) is 0 Å². The van der Waals surface area contributed by atoms with E-state index < -0.39 is 9.84 Å². The van der Waals surface area contributed by atoms with Gasteiger partial charge >= 0.3 is 0 Å². The molecule has 1 N–H and O–H groups in total. The number of hydrogen-bond donors (Lipinski definition) is 1. The van der Waals surface area contributed by atoms with Gasteiger partial charge in [-0.15, -0.1) is 0 Å². The third-order valence-electron chi connectivity index (χ3n) is 4.01. The molecule has 0 aromatic carbocycles. The van der Waals surface area contributed by atoms with Crippen LogP contribution in [0, 0.1) is 5.92 Å². The second kappa shape index (κ2) is 6.05. The van der Waals surface area contributed by atoms with Gasteiger partial charge in [-0.3, -0.25) is 4.68 Å². The summed E-state index contributed by atoms with van der Waals surface area (Å²) in [5.41, 5.74) is 0. The summed E-state index contributed by atoms with van der Waals surface area (Å²) in [6, 6.07) is 0.368. The first kappa shape index (κ1) is 14.5. The first-order valence-electron chi connectivity index (χ1n) is 6.90. The van der Waals surface area contributed by atoms with E-state index in [9.17, 15) is 8.42 Å². The van der Waals surface area contributed by atoms with Crippen LogP contribution in [0.3, 0.4) is 0 Å². The molecule has 1 aromatic heterocycles. The van der Waals surface area contributed by atoms with E-state index in [1.54, 1.807) is 10.9 Å². The van der Waals surface area contributed by atoms with E-state index in [0.29, 0.717) is 16.9 Å². The highest BCUT2D eigenvalue weighted by Crippen LogP contribution is 2.27. The molecule has 0 saturated heterocycles. The van der Waals surface area contributed by atoms with Gasteiger partial charge in [0.15, 0.2) is 9.84 Å². The number of hydrogen-bond acceptors (Lipinski definition) is 4. The number of sulfone groups is 1. The summed E-state index contributed by atoms with van der Waals surface area (Å²) in [6.45, 7) is 0.733. The highest BCUT2D eigenvalue weighted by molar-refractivity contribution is 7.90. The van der Waals surface area contributed by atoms with Gasteiger partial charge in [0, 0.05) is 18.5 Å². The summed E-state index contributed by atoms with van der Waals surface area (Å²) >= 11 is 0. The molecule has 1 aliphatic rings. The largest absolute Gasteiger partial charge is 0.315 e. The van der Waals surface area contributed by atoms with Gasteiger partial charge in [0.05, 0.1) is 12.7 Å². The van der Waals surface area contributed by atoms with Crippen LogP contribution in [0.1, 0.15) is 32.1 Å². The van der Waals surface area contributed by atoms with Crippen molar-refractivity contribution in [3.8, 4) is 0 Å². The molecule has 5 nitrogen and oxygen atoms in total. The number of rotatable bonds is 5. The van der Waals surface area contributed by atoms with E-state index in [4.69, 9.17) is 0 Å². The summed E-state index contributed by atoms with van der Waals surface area (Å²) in [4.78, 5) is 0.297. The average molecular weight is 285 g/mol. The topological polar surface area (TPSA) is 64.0 Å². The minimum absolute atomic E-state index is 0.297. The lowest BCUT2D eigenvalue weighted by molar-refractivity contribution is 0.252. The summed E-state index contributed by atoms with van der Waals surface area (Å²) in [5, 5.41) is 7.52. The molecule has 0 aliphatic heterocycles. The van der Waals surface area contributed by atoms with Crippen LogP contribution in [0.4, 0.5) is 0 Å². The molecule has 108 valence electrons. The monoisotopic (exact) mass is 285 g/mol. The van der Waals surface area contributed by atoms with Crippen molar-refractivity contribution in [2.24, 2.45) is 5.92 Å². The van der Waals surface area contributed by atoms with Gasteiger partial charge in [-0.1, -0.05) is 19.3 Å². The van der Waals surface area contributed by atoms with Crippen molar-refractivity contribution in [3.63, 3.8) is 0 Å². The minimum Gasteiger partial charge on any atom is -0.315 e. The summed E-state index contributed by atoms with van der Waals surface area (Å²) in [5.74, 6) is 0.671. The Kier molecular flexibility index (Phi) is 4.62. The van der Waals surface area contributed by atoms with E-state index >= 15 is 0 Å². The second-order valence-electron chi connectivity index (χ2n) is 5.46. The van der Waals surface area contributed by atoms with Crippen LogP contribution in [0.5, 0.6) is 0 Å². The van der Waals surface area contributed by atoms with Crippen molar-refractivity contribution >= 4 is 9.84 Å². The molecule has 1 heterocycles. The lowest BCUT2D eigenvalue weighted by Crippen LogP contribution is -2.38. The van der Waals surface area contributed by atoms with E-state index in [-0.39, 0.29) is 0 Å². The van der Waals surface area contributed by atoms with Gasteiger partial charge in [0.2, 0.25) is 0 Å². The molecule has 1 saturated carbocycles. The van der Waals surface area contributed by atoms with Crippen molar-refractivity contribution in [2.75, 3.05) is 13.3 Å². The molecule has 1 atom stereocenters. The fraction of sp³-hybridized carbons (Fsp3) is 0.769. The SMILES string of the molecule is CNC(Cn1cc(S(C)(=O)=O)cn1)C1CCCCC1. The third kappa shape index (κ3) is 3.79. The Balaban J connectivity index is 2.03. The molecule has 2 rings (SSSR count). The van der Waals surface area contributed by atoms with E-state index in [0.717, 1.165) is 6.54 Å². The average Bonchev–Trinajstić information content (AvgIpc) is 2.85.